The minimum Gasteiger partial charge on any atom is -0.340 e. The Morgan fingerprint density at radius 2 is 1.71 bits per heavy atom. The van der Waals surface area contributed by atoms with Gasteiger partial charge in [-0.05, 0) is 37.1 Å². The molecule has 2 N–H and O–H groups in total. The molecule has 0 aliphatic heterocycles. The molecule has 2 rings (SSSR count). The SMILES string of the molecule is Cc1ccc(C(=O)N[C@H](C(=O)Nc2ccc(Cl)nn2)C(C)C)cc1. The number of aromatic nitrogens is 2. The maximum Gasteiger partial charge on any atom is 0.251 e. The van der Waals surface area contributed by atoms with E-state index in [1.54, 1.807) is 18.2 Å². The zero-order chi connectivity index (χ0) is 17.7. The Labute approximate surface area is 145 Å². The average molecular weight is 347 g/mol. The molecule has 0 spiro atoms. The molecular weight excluding hydrogens is 328 g/mol. The topological polar surface area (TPSA) is 84.0 Å². The highest BCUT2D eigenvalue weighted by Gasteiger charge is 2.25. The number of amides is 2. The van der Waals surface area contributed by atoms with Crippen molar-refractivity contribution in [1.82, 2.24) is 15.5 Å². The van der Waals surface area contributed by atoms with Gasteiger partial charge in [0.05, 0.1) is 0 Å². The number of carbonyl (C=O) groups excluding carboxylic acids is 2. The van der Waals surface area contributed by atoms with Crippen molar-refractivity contribution < 1.29 is 9.59 Å². The molecule has 1 aromatic carbocycles. The minimum atomic E-state index is -0.698. The van der Waals surface area contributed by atoms with Gasteiger partial charge in [0.15, 0.2) is 11.0 Å². The molecule has 0 bridgehead atoms. The average Bonchev–Trinajstić information content (AvgIpc) is 2.54. The van der Waals surface area contributed by atoms with E-state index in [0.29, 0.717) is 5.56 Å². The predicted octanol–water partition coefficient (Wildman–Crippen LogP) is 2.83. The lowest BCUT2D eigenvalue weighted by atomic mass is 10.0. The number of nitrogens with one attached hydrogen (secondary N) is 2. The van der Waals surface area contributed by atoms with Gasteiger partial charge < -0.3 is 10.6 Å². The number of rotatable bonds is 5. The van der Waals surface area contributed by atoms with Gasteiger partial charge in [0.25, 0.3) is 5.91 Å². The number of aryl methyl sites for hydroxylation is 1. The second kappa shape index (κ2) is 7.88. The van der Waals surface area contributed by atoms with E-state index >= 15 is 0 Å². The molecule has 1 heterocycles. The zero-order valence-corrected chi connectivity index (χ0v) is 14.5. The Morgan fingerprint density at radius 3 is 2.25 bits per heavy atom. The first-order valence-electron chi connectivity index (χ1n) is 7.54. The molecule has 0 unspecified atom stereocenters. The van der Waals surface area contributed by atoms with E-state index in [9.17, 15) is 9.59 Å². The molecule has 0 saturated carbocycles. The van der Waals surface area contributed by atoms with Crippen molar-refractivity contribution >= 4 is 29.2 Å². The van der Waals surface area contributed by atoms with Crippen molar-refractivity contribution in [2.24, 2.45) is 5.92 Å². The Balaban J connectivity index is 2.07. The van der Waals surface area contributed by atoms with E-state index in [2.05, 4.69) is 20.8 Å². The maximum atomic E-state index is 12.4. The minimum absolute atomic E-state index is 0.0975. The van der Waals surface area contributed by atoms with Crippen LogP contribution in [0.25, 0.3) is 0 Å². The molecule has 126 valence electrons. The fourth-order valence-corrected chi connectivity index (χ4v) is 2.15. The van der Waals surface area contributed by atoms with E-state index < -0.39 is 6.04 Å². The quantitative estimate of drug-likeness (QED) is 0.871. The molecule has 0 aliphatic carbocycles. The fraction of sp³-hybridized carbons (Fsp3) is 0.294. The maximum absolute atomic E-state index is 12.4. The Kier molecular flexibility index (Phi) is 5.87. The summed E-state index contributed by atoms with van der Waals surface area (Å²) in [6.07, 6.45) is 0. The molecule has 1 aromatic heterocycles. The molecule has 0 fully saturated rings. The summed E-state index contributed by atoms with van der Waals surface area (Å²) in [5, 5.41) is 13.1. The van der Waals surface area contributed by atoms with Crippen molar-refractivity contribution in [2.75, 3.05) is 5.32 Å². The molecule has 0 saturated heterocycles. The van der Waals surface area contributed by atoms with E-state index in [0.717, 1.165) is 5.56 Å². The van der Waals surface area contributed by atoms with Gasteiger partial charge in [0.2, 0.25) is 5.91 Å². The first-order chi connectivity index (χ1) is 11.4. The third-order valence-corrected chi connectivity index (χ3v) is 3.63. The van der Waals surface area contributed by atoms with Crippen LogP contribution in [0.2, 0.25) is 5.15 Å². The standard InChI is InChI=1S/C17H19ClN4O2/c1-10(2)15(17(24)19-14-9-8-13(18)21-22-14)20-16(23)12-6-4-11(3)5-7-12/h4-10,15H,1-3H3,(H,20,23)(H,19,22,24)/t15-/m0/s1. The summed E-state index contributed by atoms with van der Waals surface area (Å²) in [4.78, 5) is 24.8. The van der Waals surface area contributed by atoms with Crippen LogP contribution in [0.1, 0.15) is 29.8 Å². The summed E-state index contributed by atoms with van der Waals surface area (Å²) < 4.78 is 0. The Morgan fingerprint density at radius 1 is 1.04 bits per heavy atom. The van der Waals surface area contributed by atoms with Gasteiger partial charge in [-0.15, -0.1) is 10.2 Å². The Bertz CT molecular complexity index is 714. The van der Waals surface area contributed by atoms with Crippen molar-refractivity contribution in [1.29, 1.82) is 0 Å². The summed E-state index contributed by atoms with van der Waals surface area (Å²) >= 11 is 5.67. The lowest BCUT2D eigenvalue weighted by Gasteiger charge is -2.21. The summed E-state index contributed by atoms with van der Waals surface area (Å²) in [6, 6.07) is 9.53. The van der Waals surface area contributed by atoms with Crippen molar-refractivity contribution in [3.05, 3.63) is 52.7 Å². The van der Waals surface area contributed by atoms with Gasteiger partial charge >= 0.3 is 0 Å². The van der Waals surface area contributed by atoms with E-state index in [-0.39, 0.29) is 28.7 Å². The predicted molar refractivity (Wildman–Crippen MR) is 92.9 cm³/mol. The first kappa shape index (κ1) is 17.9. The highest BCUT2D eigenvalue weighted by molar-refractivity contribution is 6.29. The third-order valence-electron chi connectivity index (χ3n) is 3.43. The molecule has 7 heteroatoms. The van der Waals surface area contributed by atoms with Crippen LogP contribution in [0.3, 0.4) is 0 Å². The second-order valence-corrected chi connectivity index (χ2v) is 6.18. The smallest absolute Gasteiger partial charge is 0.251 e. The van der Waals surface area contributed by atoms with Gasteiger partial charge in [-0.25, -0.2) is 0 Å². The summed E-state index contributed by atoms with van der Waals surface area (Å²) in [5.41, 5.74) is 1.57. The van der Waals surface area contributed by atoms with Crippen LogP contribution >= 0.6 is 11.6 Å². The van der Waals surface area contributed by atoms with Crippen LogP contribution in [0.5, 0.6) is 0 Å². The van der Waals surface area contributed by atoms with Gasteiger partial charge in [-0.2, -0.15) is 0 Å². The largest absolute Gasteiger partial charge is 0.340 e. The Hall–Kier alpha value is -2.47. The number of nitrogens with zero attached hydrogens (tertiary/aromatic N) is 2. The summed E-state index contributed by atoms with van der Waals surface area (Å²) in [7, 11) is 0. The molecule has 6 nitrogen and oxygen atoms in total. The number of benzene rings is 1. The van der Waals surface area contributed by atoms with Gasteiger partial charge in [-0.3, -0.25) is 9.59 Å². The molecule has 0 radical (unpaired) electrons. The molecular formula is C17H19ClN4O2. The molecule has 1 atom stereocenters. The van der Waals surface area contributed by atoms with Crippen molar-refractivity contribution in [3.63, 3.8) is 0 Å². The van der Waals surface area contributed by atoms with Crippen molar-refractivity contribution in [2.45, 2.75) is 26.8 Å². The third kappa shape index (κ3) is 4.76. The number of anilines is 1. The van der Waals surface area contributed by atoms with Crippen LogP contribution in [0, 0.1) is 12.8 Å². The number of hydrogen-bond acceptors (Lipinski definition) is 4. The summed E-state index contributed by atoms with van der Waals surface area (Å²) in [5.74, 6) is -0.479. The van der Waals surface area contributed by atoms with Crippen LogP contribution < -0.4 is 10.6 Å². The van der Waals surface area contributed by atoms with E-state index in [1.807, 2.05) is 32.9 Å². The van der Waals surface area contributed by atoms with Gasteiger partial charge in [-0.1, -0.05) is 43.1 Å². The normalized spacial score (nSPS) is 11.9. The van der Waals surface area contributed by atoms with Crippen LogP contribution in [0.15, 0.2) is 36.4 Å². The summed E-state index contributed by atoms with van der Waals surface area (Å²) in [6.45, 7) is 5.65. The number of carbonyl (C=O) groups is 2. The van der Waals surface area contributed by atoms with Gasteiger partial charge in [0.1, 0.15) is 6.04 Å². The number of halogens is 1. The van der Waals surface area contributed by atoms with E-state index in [4.69, 9.17) is 11.6 Å². The fourth-order valence-electron chi connectivity index (χ4n) is 2.05. The first-order valence-corrected chi connectivity index (χ1v) is 7.92. The lowest BCUT2D eigenvalue weighted by molar-refractivity contribution is -0.118. The highest BCUT2D eigenvalue weighted by Crippen LogP contribution is 2.10. The molecule has 2 amide bonds. The molecule has 0 aliphatic rings. The lowest BCUT2D eigenvalue weighted by Crippen LogP contribution is -2.47. The van der Waals surface area contributed by atoms with Gasteiger partial charge in [0, 0.05) is 5.56 Å². The van der Waals surface area contributed by atoms with Crippen molar-refractivity contribution in [3.8, 4) is 0 Å². The zero-order valence-electron chi connectivity index (χ0n) is 13.7. The molecule has 24 heavy (non-hydrogen) atoms. The molecule has 2 aromatic rings. The number of hydrogen-bond donors (Lipinski definition) is 2. The second-order valence-electron chi connectivity index (χ2n) is 5.79. The highest BCUT2D eigenvalue weighted by atomic mass is 35.5. The van der Waals surface area contributed by atoms with Crippen LogP contribution in [-0.2, 0) is 4.79 Å². The van der Waals surface area contributed by atoms with Crippen LogP contribution in [-0.4, -0.2) is 28.1 Å². The monoisotopic (exact) mass is 346 g/mol. The van der Waals surface area contributed by atoms with E-state index in [1.165, 1.54) is 6.07 Å². The van der Waals surface area contributed by atoms with Crippen LogP contribution in [0.4, 0.5) is 5.82 Å².